The number of hydrogen-bond acceptors (Lipinski definition) is 4. The minimum atomic E-state index is -3.56. The number of nitrogens with zero attached hydrogens (tertiary/aromatic N) is 1. The van der Waals surface area contributed by atoms with Crippen molar-refractivity contribution < 1.29 is 8.42 Å². The van der Waals surface area contributed by atoms with Gasteiger partial charge in [0.2, 0.25) is 0 Å². The van der Waals surface area contributed by atoms with Gasteiger partial charge in [-0.15, -0.1) is 0 Å². The third-order valence-electron chi connectivity index (χ3n) is 2.05. The maximum Gasteiger partial charge on any atom is 0.193 e. The number of sulfone groups is 1. The van der Waals surface area contributed by atoms with Gasteiger partial charge in [0.05, 0.1) is 4.75 Å². The molecule has 0 bridgehead atoms. The number of allylic oxidation sites excluding steroid dienone is 1. The Hall–Kier alpha value is -1.12. The molecule has 0 aliphatic carbocycles. The van der Waals surface area contributed by atoms with Gasteiger partial charge in [0.25, 0.3) is 0 Å². The molecule has 0 aliphatic rings. The SMILES string of the molecule is CC(C)(C)S(=O)(=O)C(C#N)=Cc1ccsc1. The second kappa shape index (κ2) is 4.40. The highest BCUT2D eigenvalue weighted by atomic mass is 32.2. The Morgan fingerprint density at radius 2 is 2.12 bits per heavy atom. The molecule has 5 heteroatoms. The summed E-state index contributed by atoms with van der Waals surface area (Å²) in [5, 5.41) is 12.6. The van der Waals surface area contributed by atoms with E-state index in [0.717, 1.165) is 5.56 Å². The van der Waals surface area contributed by atoms with Gasteiger partial charge in [0, 0.05) is 0 Å². The first-order valence-electron chi connectivity index (χ1n) is 4.67. The Labute approximate surface area is 100.0 Å². The van der Waals surface area contributed by atoms with Crippen LogP contribution in [0.1, 0.15) is 26.3 Å². The van der Waals surface area contributed by atoms with Crippen LogP contribution in [0.4, 0.5) is 0 Å². The predicted octanol–water partition coefficient (Wildman–Crippen LogP) is 2.83. The molecule has 1 heterocycles. The maximum atomic E-state index is 12.0. The summed E-state index contributed by atoms with van der Waals surface area (Å²) in [5.74, 6) is 0. The largest absolute Gasteiger partial charge is 0.222 e. The van der Waals surface area contributed by atoms with Crippen molar-refractivity contribution in [1.82, 2.24) is 0 Å². The van der Waals surface area contributed by atoms with Crippen molar-refractivity contribution in [2.45, 2.75) is 25.5 Å². The van der Waals surface area contributed by atoms with Gasteiger partial charge < -0.3 is 0 Å². The van der Waals surface area contributed by atoms with Crippen molar-refractivity contribution in [2.75, 3.05) is 0 Å². The van der Waals surface area contributed by atoms with Gasteiger partial charge in [-0.2, -0.15) is 16.6 Å². The summed E-state index contributed by atoms with van der Waals surface area (Å²) in [7, 11) is -3.56. The number of hydrogen-bond donors (Lipinski definition) is 0. The lowest BCUT2D eigenvalue weighted by molar-refractivity contribution is 0.568. The van der Waals surface area contributed by atoms with Crippen molar-refractivity contribution >= 4 is 27.3 Å². The van der Waals surface area contributed by atoms with Crippen LogP contribution in [0.5, 0.6) is 0 Å². The molecule has 0 aromatic carbocycles. The van der Waals surface area contributed by atoms with Gasteiger partial charge >= 0.3 is 0 Å². The summed E-state index contributed by atoms with van der Waals surface area (Å²) >= 11 is 1.46. The molecule has 1 rings (SSSR count). The summed E-state index contributed by atoms with van der Waals surface area (Å²) in [5.41, 5.74) is 0.745. The zero-order chi connectivity index (χ0) is 12.4. The molecule has 0 saturated carbocycles. The third kappa shape index (κ3) is 2.52. The van der Waals surface area contributed by atoms with Crippen LogP contribution in [-0.4, -0.2) is 13.2 Å². The molecule has 0 spiro atoms. The van der Waals surface area contributed by atoms with E-state index in [9.17, 15) is 8.42 Å². The lowest BCUT2D eigenvalue weighted by Gasteiger charge is -2.17. The number of thiophene rings is 1. The first-order chi connectivity index (χ1) is 7.29. The van der Waals surface area contributed by atoms with Crippen molar-refractivity contribution in [3.63, 3.8) is 0 Å². The fourth-order valence-corrected chi connectivity index (χ4v) is 2.70. The van der Waals surface area contributed by atoms with Crippen LogP contribution in [0.2, 0.25) is 0 Å². The summed E-state index contributed by atoms with van der Waals surface area (Å²) < 4.78 is 23.1. The van der Waals surface area contributed by atoms with E-state index < -0.39 is 14.6 Å². The zero-order valence-electron chi connectivity index (χ0n) is 9.39. The molecule has 16 heavy (non-hydrogen) atoms. The van der Waals surface area contributed by atoms with Crippen molar-refractivity contribution in [2.24, 2.45) is 0 Å². The quantitative estimate of drug-likeness (QED) is 0.763. The Morgan fingerprint density at radius 3 is 2.50 bits per heavy atom. The highest BCUT2D eigenvalue weighted by Crippen LogP contribution is 2.25. The molecule has 0 aliphatic heterocycles. The third-order valence-corrected chi connectivity index (χ3v) is 5.15. The molecular formula is C11H13NO2S2. The Kier molecular flexibility index (Phi) is 3.56. The molecule has 0 unspecified atom stereocenters. The van der Waals surface area contributed by atoms with Crippen molar-refractivity contribution in [3.05, 3.63) is 27.3 Å². The van der Waals surface area contributed by atoms with Gasteiger partial charge in [-0.25, -0.2) is 8.42 Å². The van der Waals surface area contributed by atoms with E-state index >= 15 is 0 Å². The molecule has 0 atom stereocenters. The van der Waals surface area contributed by atoms with Gasteiger partial charge in [-0.1, -0.05) is 0 Å². The highest BCUT2D eigenvalue weighted by molar-refractivity contribution is 7.97. The van der Waals surface area contributed by atoms with Crippen LogP contribution in [0.3, 0.4) is 0 Å². The van der Waals surface area contributed by atoms with E-state index in [1.54, 1.807) is 38.3 Å². The minimum Gasteiger partial charge on any atom is -0.222 e. The Balaban J connectivity index is 3.27. The lowest BCUT2D eigenvalue weighted by Crippen LogP contribution is -2.28. The second-order valence-corrected chi connectivity index (χ2v) is 7.74. The van der Waals surface area contributed by atoms with Crippen LogP contribution in [0, 0.1) is 11.3 Å². The zero-order valence-corrected chi connectivity index (χ0v) is 11.0. The standard InChI is InChI=1S/C11H13NO2S2/c1-11(2,3)16(13,14)10(7-12)6-9-4-5-15-8-9/h4-6,8H,1-3H3. The van der Waals surface area contributed by atoms with E-state index in [-0.39, 0.29) is 4.91 Å². The fourth-order valence-electron chi connectivity index (χ4n) is 1.01. The lowest BCUT2D eigenvalue weighted by atomic mass is 10.3. The average molecular weight is 255 g/mol. The van der Waals surface area contributed by atoms with Crippen LogP contribution in [0.15, 0.2) is 21.7 Å². The average Bonchev–Trinajstić information content (AvgIpc) is 2.64. The monoisotopic (exact) mass is 255 g/mol. The summed E-state index contributed by atoms with van der Waals surface area (Å²) in [6.07, 6.45) is 1.41. The molecule has 86 valence electrons. The first-order valence-corrected chi connectivity index (χ1v) is 7.10. The summed E-state index contributed by atoms with van der Waals surface area (Å²) in [6.45, 7) is 4.75. The van der Waals surface area contributed by atoms with Crippen molar-refractivity contribution in [1.29, 1.82) is 5.26 Å². The van der Waals surface area contributed by atoms with E-state index in [2.05, 4.69) is 0 Å². The Bertz CT molecular complexity index is 526. The van der Waals surface area contributed by atoms with Crippen LogP contribution < -0.4 is 0 Å². The minimum absolute atomic E-state index is 0.182. The van der Waals surface area contributed by atoms with Crippen molar-refractivity contribution in [3.8, 4) is 6.07 Å². The van der Waals surface area contributed by atoms with Gasteiger partial charge in [-0.05, 0) is 49.2 Å². The van der Waals surface area contributed by atoms with Crippen LogP contribution in [0.25, 0.3) is 6.08 Å². The molecule has 1 aromatic rings. The summed E-state index contributed by atoms with van der Waals surface area (Å²) in [4.78, 5) is -0.182. The number of nitriles is 1. The molecule has 0 amide bonds. The number of rotatable bonds is 2. The van der Waals surface area contributed by atoms with Crippen LogP contribution >= 0.6 is 11.3 Å². The summed E-state index contributed by atoms with van der Waals surface area (Å²) in [6, 6.07) is 3.54. The van der Waals surface area contributed by atoms with E-state index in [0.29, 0.717) is 0 Å². The maximum absolute atomic E-state index is 12.0. The first kappa shape index (κ1) is 12.9. The molecule has 3 nitrogen and oxygen atoms in total. The predicted molar refractivity (Wildman–Crippen MR) is 66.6 cm³/mol. The molecule has 0 saturated heterocycles. The molecule has 0 fully saturated rings. The highest BCUT2D eigenvalue weighted by Gasteiger charge is 2.32. The van der Waals surface area contributed by atoms with Gasteiger partial charge in [0.15, 0.2) is 9.84 Å². The fraction of sp³-hybridized carbons (Fsp3) is 0.364. The normalized spacial score (nSPS) is 13.5. The second-order valence-electron chi connectivity index (χ2n) is 4.29. The molecular weight excluding hydrogens is 242 g/mol. The molecule has 0 radical (unpaired) electrons. The Morgan fingerprint density at radius 1 is 1.50 bits per heavy atom. The van der Waals surface area contributed by atoms with E-state index in [1.807, 2.05) is 5.38 Å². The van der Waals surface area contributed by atoms with E-state index in [1.165, 1.54) is 17.4 Å². The molecule has 0 N–H and O–H groups in total. The van der Waals surface area contributed by atoms with Crippen LogP contribution in [-0.2, 0) is 9.84 Å². The smallest absolute Gasteiger partial charge is 0.193 e. The van der Waals surface area contributed by atoms with Gasteiger partial charge in [-0.3, -0.25) is 0 Å². The van der Waals surface area contributed by atoms with E-state index in [4.69, 9.17) is 5.26 Å². The van der Waals surface area contributed by atoms with Gasteiger partial charge in [0.1, 0.15) is 11.0 Å². The molecule has 1 aromatic heterocycles. The topological polar surface area (TPSA) is 57.9 Å².